The van der Waals surface area contributed by atoms with Crippen molar-refractivity contribution in [3.05, 3.63) is 39.8 Å². The van der Waals surface area contributed by atoms with Crippen molar-refractivity contribution < 1.29 is 9.32 Å². The average Bonchev–Trinajstić information content (AvgIpc) is 3.04. The van der Waals surface area contributed by atoms with Gasteiger partial charge >= 0.3 is 0 Å². The minimum atomic E-state index is -0.224. The molecule has 2 aromatic heterocycles. The molecule has 134 valence electrons. The van der Waals surface area contributed by atoms with Crippen molar-refractivity contribution in [3.63, 3.8) is 0 Å². The van der Waals surface area contributed by atoms with Crippen LogP contribution >= 0.6 is 0 Å². The molecule has 9 nitrogen and oxygen atoms in total. The molecule has 1 amide bonds. The van der Waals surface area contributed by atoms with Crippen molar-refractivity contribution in [2.75, 3.05) is 18.1 Å². The SMILES string of the molecule is CNc1noc2cc(-n3c(N)nc4c(c3=O)C[C@@H](C)N(C=O)C4)ccc12. The van der Waals surface area contributed by atoms with E-state index in [1.54, 1.807) is 24.1 Å². The molecule has 0 aliphatic carbocycles. The van der Waals surface area contributed by atoms with E-state index in [1.165, 1.54) is 4.57 Å². The molecule has 0 saturated heterocycles. The van der Waals surface area contributed by atoms with E-state index in [0.29, 0.717) is 34.8 Å². The predicted molar refractivity (Wildman–Crippen MR) is 96.1 cm³/mol. The van der Waals surface area contributed by atoms with Gasteiger partial charge in [-0.05, 0) is 25.5 Å². The highest BCUT2D eigenvalue weighted by atomic mass is 16.5. The minimum Gasteiger partial charge on any atom is -0.370 e. The van der Waals surface area contributed by atoms with Crippen LogP contribution in [-0.4, -0.2) is 39.1 Å². The molecule has 0 bridgehead atoms. The highest BCUT2D eigenvalue weighted by Gasteiger charge is 2.27. The van der Waals surface area contributed by atoms with Gasteiger partial charge < -0.3 is 20.5 Å². The molecule has 1 atom stereocenters. The number of benzene rings is 1. The molecule has 3 heterocycles. The van der Waals surface area contributed by atoms with Gasteiger partial charge in [0.25, 0.3) is 5.56 Å². The molecule has 9 heteroatoms. The molecule has 1 aromatic carbocycles. The zero-order chi connectivity index (χ0) is 18.4. The van der Waals surface area contributed by atoms with Gasteiger partial charge in [-0.25, -0.2) is 9.55 Å². The number of carbonyl (C=O) groups is 1. The normalized spacial score (nSPS) is 16.5. The van der Waals surface area contributed by atoms with Crippen LogP contribution in [0.25, 0.3) is 16.7 Å². The first-order valence-electron chi connectivity index (χ1n) is 8.22. The minimum absolute atomic E-state index is 0.0680. The first-order chi connectivity index (χ1) is 12.5. The highest BCUT2D eigenvalue weighted by Crippen LogP contribution is 2.26. The molecule has 4 rings (SSSR count). The predicted octanol–water partition coefficient (Wildman–Crippen LogP) is 0.901. The molecular formula is C17H18N6O3. The van der Waals surface area contributed by atoms with Crippen LogP contribution in [0.15, 0.2) is 27.5 Å². The van der Waals surface area contributed by atoms with Crippen molar-refractivity contribution >= 4 is 29.1 Å². The van der Waals surface area contributed by atoms with Crippen LogP contribution in [0.1, 0.15) is 18.2 Å². The standard InChI is InChI=1S/C17H18N6O3/c1-9-5-12-13(7-22(9)8-24)20-17(18)23(16(12)25)10-3-4-11-14(6-10)26-21-15(11)19-2/h3-4,6,8-9H,5,7H2,1-2H3,(H2,18,20)(H,19,21)/t9-/m1/s1. The quantitative estimate of drug-likeness (QED) is 0.671. The second kappa shape index (κ2) is 5.87. The average molecular weight is 354 g/mol. The number of rotatable bonds is 3. The van der Waals surface area contributed by atoms with Gasteiger partial charge in [0.2, 0.25) is 12.4 Å². The molecule has 0 spiro atoms. The van der Waals surface area contributed by atoms with Crippen LogP contribution in [0.2, 0.25) is 0 Å². The molecule has 0 saturated carbocycles. The van der Waals surface area contributed by atoms with E-state index in [2.05, 4.69) is 15.5 Å². The summed E-state index contributed by atoms with van der Waals surface area (Å²) in [5, 5.41) is 7.69. The molecule has 26 heavy (non-hydrogen) atoms. The third-order valence-corrected chi connectivity index (χ3v) is 4.77. The zero-order valence-corrected chi connectivity index (χ0v) is 14.4. The van der Waals surface area contributed by atoms with Crippen LogP contribution in [0.3, 0.4) is 0 Å². The van der Waals surface area contributed by atoms with Crippen molar-refractivity contribution in [2.24, 2.45) is 0 Å². The Morgan fingerprint density at radius 1 is 1.42 bits per heavy atom. The van der Waals surface area contributed by atoms with E-state index in [9.17, 15) is 9.59 Å². The molecule has 0 radical (unpaired) electrons. The Bertz CT molecular complexity index is 1070. The summed E-state index contributed by atoms with van der Waals surface area (Å²) in [6.45, 7) is 2.18. The van der Waals surface area contributed by atoms with Gasteiger partial charge in [-0.2, -0.15) is 0 Å². The zero-order valence-electron chi connectivity index (χ0n) is 14.4. The molecule has 1 aliphatic rings. The van der Waals surface area contributed by atoms with E-state index in [-0.39, 0.29) is 24.1 Å². The second-order valence-corrected chi connectivity index (χ2v) is 6.33. The fourth-order valence-corrected chi connectivity index (χ4v) is 3.33. The summed E-state index contributed by atoms with van der Waals surface area (Å²) in [6.07, 6.45) is 1.21. The van der Waals surface area contributed by atoms with Crippen molar-refractivity contribution in [1.82, 2.24) is 19.6 Å². The molecule has 3 N–H and O–H groups in total. The van der Waals surface area contributed by atoms with Gasteiger partial charge in [0.05, 0.1) is 23.3 Å². The molecular weight excluding hydrogens is 336 g/mol. The summed E-state index contributed by atoms with van der Waals surface area (Å²) in [6, 6.07) is 5.23. The number of carbonyl (C=O) groups excluding carboxylic acids is 1. The number of hydrogen-bond donors (Lipinski definition) is 2. The van der Waals surface area contributed by atoms with E-state index >= 15 is 0 Å². The van der Waals surface area contributed by atoms with E-state index < -0.39 is 0 Å². The maximum atomic E-state index is 13.1. The summed E-state index contributed by atoms with van der Waals surface area (Å²) in [5.74, 6) is 0.695. The fourth-order valence-electron chi connectivity index (χ4n) is 3.33. The van der Waals surface area contributed by atoms with Gasteiger partial charge in [0.15, 0.2) is 11.4 Å². The van der Waals surface area contributed by atoms with Crippen molar-refractivity contribution in [1.29, 1.82) is 0 Å². The number of aromatic nitrogens is 3. The summed E-state index contributed by atoms with van der Waals surface area (Å²) >= 11 is 0. The summed E-state index contributed by atoms with van der Waals surface area (Å²) in [7, 11) is 1.75. The molecule has 0 unspecified atom stereocenters. The van der Waals surface area contributed by atoms with Gasteiger partial charge in [-0.15, -0.1) is 0 Å². The molecule has 0 fully saturated rings. The van der Waals surface area contributed by atoms with E-state index in [0.717, 1.165) is 11.8 Å². The Morgan fingerprint density at radius 2 is 2.23 bits per heavy atom. The lowest BCUT2D eigenvalue weighted by Gasteiger charge is -2.31. The smallest absolute Gasteiger partial charge is 0.263 e. The Morgan fingerprint density at radius 3 is 2.96 bits per heavy atom. The Balaban J connectivity index is 1.87. The van der Waals surface area contributed by atoms with Gasteiger partial charge in [-0.1, -0.05) is 5.16 Å². The Labute approximate surface area is 148 Å². The third kappa shape index (κ3) is 2.32. The third-order valence-electron chi connectivity index (χ3n) is 4.77. The maximum Gasteiger partial charge on any atom is 0.263 e. The summed E-state index contributed by atoms with van der Waals surface area (Å²) in [4.78, 5) is 30.2. The second-order valence-electron chi connectivity index (χ2n) is 6.33. The van der Waals surface area contributed by atoms with Crippen LogP contribution in [0, 0.1) is 0 Å². The van der Waals surface area contributed by atoms with Crippen molar-refractivity contribution in [2.45, 2.75) is 25.9 Å². The molecule has 3 aromatic rings. The number of fused-ring (bicyclic) bond motifs is 2. The number of amides is 1. The van der Waals surface area contributed by atoms with Gasteiger partial charge in [0, 0.05) is 24.7 Å². The first-order valence-corrected chi connectivity index (χ1v) is 8.22. The Kier molecular flexibility index (Phi) is 3.64. The number of anilines is 2. The first kappa shape index (κ1) is 16.1. The largest absolute Gasteiger partial charge is 0.370 e. The number of nitrogens with zero attached hydrogens (tertiary/aromatic N) is 4. The van der Waals surface area contributed by atoms with Crippen LogP contribution < -0.4 is 16.6 Å². The number of hydrogen-bond acceptors (Lipinski definition) is 7. The van der Waals surface area contributed by atoms with Gasteiger partial charge in [0.1, 0.15) is 0 Å². The maximum absolute atomic E-state index is 13.1. The van der Waals surface area contributed by atoms with E-state index in [1.807, 2.05) is 13.0 Å². The Hall–Kier alpha value is -3.36. The van der Waals surface area contributed by atoms with Crippen LogP contribution in [0.5, 0.6) is 0 Å². The van der Waals surface area contributed by atoms with Crippen molar-refractivity contribution in [3.8, 4) is 5.69 Å². The molecule has 1 aliphatic heterocycles. The summed E-state index contributed by atoms with van der Waals surface area (Å²) < 4.78 is 6.67. The van der Waals surface area contributed by atoms with Gasteiger partial charge in [-0.3, -0.25) is 9.59 Å². The van der Waals surface area contributed by atoms with Crippen LogP contribution in [0.4, 0.5) is 11.8 Å². The topological polar surface area (TPSA) is 119 Å². The van der Waals surface area contributed by atoms with E-state index in [4.69, 9.17) is 10.3 Å². The highest BCUT2D eigenvalue weighted by molar-refractivity contribution is 5.89. The lowest BCUT2D eigenvalue weighted by Crippen LogP contribution is -2.42. The number of nitrogen functional groups attached to an aromatic ring is 1. The number of nitrogens with two attached hydrogens (primary N) is 1. The monoisotopic (exact) mass is 354 g/mol. The number of nitrogens with one attached hydrogen (secondary N) is 1. The van der Waals surface area contributed by atoms with Crippen LogP contribution in [-0.2, 0) is 17.8 Å². The fraction of sp³-hybridized carbons (Fsp3) is 0.294. The lowest BCUT2D eigenvalue weighted by molar-refractivity contribution is -0.120. The lowest BCUT2D eigenvalue weighted by atomic mass is 10.0. The summed E-state index contributed by atoms with van der Waals surface area (Å²) in [5.41, 5.74) is 8.06.